The molecule has 0 heterocycles. The van der Waals surface area contributed by atoms with Crippen molar-refractivity contribution in [3.05, 3.63) is 53.6 Å². The molecule has 0 aliphatic carbocycles. The van der Waals surface area contributed by atoms with Gasteiger partial charge in [0, 0.05) is 25.0 Å². The van der Waals surface area contributed by atoms with Gasteiger partial charge in [0.15, 0.2) is 0 Å². The van der Waals surface area contributed by atoms with E-state index < -0.39 is 0 Å². The Balaban J connectivity index is 1.79. The van der Waals surface area contributed by atoms with Gasteiger partial charge in [-0.05, 0) is 36.4 Å². The number of nitrogens with one attached hydrogen (secondary N) is 1. The van der Waals surface area contributed by atoms with E-state index in [1.807, 2.05) is 48.3 Å². The third-order valence-electron chi connectivity index (χ3n) is 3.45. The van der Waals surface area contributed by atoms with Gasteiger partial charge in [0.2, 0.25) is 5.91 Å². The summed E-state index contributed by atoms with van der Waals surface area (Å²) in [5.41, 5.74) is 1.70. The van der Waals surface area contributed by atoms with Crippen LogP contribution in [0.15, 0.2) is 48.5 Å². The minimum Gasteiger partial charge on any atom is -0.491 e. The lowest BCUT2D eigenvalue weighted by molar-refractivity contribution is -0.116. The molecule has 0 fully saturated rings. The molecule has 0 aromatic heterocycles. The molecule has 24 heavy (non-hydrogen) atoms. The van der Waals surface area contributed by atoms with Crippen molar-refractivity contribution < 1.29 is 14.6 Å². The van der Waals surface area contributed by atoms with Crippen LogP contribution in [0.2, 0.25) is 5.02 Å². The maximum absolute atomic E-state index is 11.9. The molecule has 0 aliphatic heterocycles. The summed E-state index contributed by atoms with van der Waals surface area (Å²) in [6, 6.07) is 14.6. The summed E-state index contributed by atoms with van der Waals surface area (Å²) in [7, 11) is 1.90. The second kappa shape index (κ2) is 9.15. The number of para-hydroxylation sites is 1. The van der Waals surface area contributed by atoms with Gasteiger partial charge in [-0.2, -0.15) is 0 Å². The van der Waals surface area contributed by atoms with Gasteiger partial charge >= 0.3 is 0 Å². The third kappa shape index (κ3) is 5.44. The van der Waals surface area contributed by atoms with Crippen molar-refractivity contribution in [1.82, 2.24) is 0 Å². The van der Waals surface area contributed by atoms with Gasteiger partial charge in [-0.1, -0.05) is 23.7 Å². The lowest BCUT2D eigenvalue weighted by Gasteiger charge is -2.18. The van der Waals surface area contributed by atoms with Crippen LogP contribution < -0.4 is 15.0 Å². The third-order valence-corrected chi connectivity index (χ3v) is 3.76. The van der Waals surface area contributed by atoms with E-state index in [-0.39, 0.29) is 25.5 Å². The van der Waals surface area contributed by atoms with Gasteiger partial charge in [0.05, 0.1) is 24.7 Å². The van der Waals surface area contributed by atoms with E-state index in [1.54, 1.807) is 12.1 Å². The average molecular weight is 349 g/mol. The highest BCUT2D eigenvalue weighted by Crippen LogP contribution is 2.23. The Morgan fingerprint density at radius 1 is 1.21 bits per heavy atom. The largest absolute Gasteiger partial charge is 0.491 e. The van der Waals surface area contributed by atoms with E-state index in [1.165, 1.54) is 0 Å². The zero-order valence-electron chi connectivity index (χ0n) is 13.5. The Labute approximate surface area is 146 Å². The van der Waals surface area contributed by atoms with Gasteiger partial charge in [-0.3, -0.25) is 4.79 Å². The maximum Gasteiger partial charge on any atom is 0.227 e. The molecule has 0 saturated heterocycles. The summed E-state index contributed by atoms with van der Waals surface area (Å²) in [6.45, 7) is 0.915. The molecule has 0 saturated carbocycles. The van der Waals surface area contributed by atoms with Crippen molar-refractivity contribution in [3.8, 4) is 5.75 Å². The van der Waals surface area contributed by atoms with Crippen molar-refractivity contribution in [1.29, 1.82) is 0 Å². The molecule has 128 valence electrons. The summed E-state index contributed by atoms with van der Waals surface area (Å²) in [6.07, 6.45) is 0.234. The topological polar surface area (TPSA) is 61.8 Å². The molecule has 6 heteroatoms. The summed E-state index contributed by atoms with van der Waals surface area (Å²) >= 11 is 5.99. The molecular weight excluding hydrogens is 328 g/mol. The first-order valence-electron chi connectivity index (χ1n) is 7.69. The fraction of sp³-hybridized carbons (Fsp3) is 0.278. The van der Waals surface area contributed by atoms with Crippen LogP contribution in [0.1, 0.15) is 6.42 Å². The minimum absolute atomic E-state index is 0.0976. The first-order valence-corrected chi connectivity index (χ1v) is 8.07. The number of amides is 1. The predicted molar refractivity (Wildman–Crippen MR) is 97.0 cm³/mol. The molecule has 0 aliphatic rings. The van der Waals surface area contributed by atoms with Crippen LogP contribution >= 0.6 is 11.6 Å². The molecule has 1 amide bonds. The fourth-order valence-corrected chi connectivity index (χ4v) is 2.31. The Hall–Kier alpha value is -2.24. The SMILES string of the molecule is CN(CCO)c1ccc(NC(=O)CCOc2ccccc2Cl)cc1. The fourth-order valence-electron chi connectivity index (χ4n) is 2.12. The maximum atomic E-state index is 11.9. The highest BCUT2D eigenvalue weighted by Gasteiger charge is 2.06. The molecule has 2 rings (SSSR count). The van der Waals surface area contributed by atoms with E-state index in [9.17, 15) is 4.79 Å². The number of halogens is 1. The number of rotatable bonds is 8. The van der Waals surface area contributed by atoms with Crippen molar-refractivity contribution in [2.45, 2.75) is 6.42 Å². The summed E-state index contributed by atoms with van der Waals surface area (Å²) in [5.74, 6) is 0.446. The molecule has 0 unspecified atom stereocenters. The lowest BCUT2D eigenvalue weighted by Crippen LogP contribution is -2.21. The smallest absolute Gasteiger partial charge is 0.227 e. The predicted octanol–water partition coefficient (Wildman–Crippen LogP) is 3.18. The van der Waals surface area contributed by atoms with Crippen LogP contribution in [-0.2, 0) is 4.79 Å². The van der Waals surface area contributed by atoms with Crippen molar-refractivity contribution in [3.63, 3.8) is 0 Å². The van der Waals surface area contributed by atoms with E-state index in [4.69, 9.17) is 21.4 Å². The second-order valence-electron chi connectivity index (χ2n) is 5.27. The molecule has 0 spiro atoms. The molecule has 0 atom stereocenters. The van der Waals surface area contributed by atoms with Crippen LogP contribution in [-0.4, -0.2) is 37.8 Å². The monoisotopic (exact) mass is 348 g/mol. The molecule has 2 aromatic rings. The summed E-state index contributed by atoms with van der Waals surface area (Å²) in [4.78, 5) is 13.9. The summed E-state index contributed by atoms with van der Waals surface area (Å²) in [5, 5.41) is 12.3. The Kier molecular flexibility index (Phi) is 6.90. The number of likely N-dealkylation sites (N-methyl/N-ethyl adjacent to an activating group) is 1. The van der Waals surface area contributed by atoms with Crippen LogP contribution in [0, 0.1) is 0 Å². The number of benzene rings is 2. The first-order chi connectivity index (χ1) is 11.6. The van der Waals surface area contributed by atoms with Crippen LogP contribution in [0.5, 0.6) is 5.75 Å². The molecular formula is C18H21ClN2O3. The van der Waals surface area contributed by atoms with Gasteiger partial charge in [-0.25, -0.2) is 0 Å². The highest BCUT2D eigenvalue weighted by atomic mass is 35.5. The van der Waals surface area contributed by atoms with Gasteiger partial charge in [0.25, 0.3) is 0 Å². The van der Waals surface area contributed by atoms with E-state index >= 15 is 0 Å². The Bertz CT molecular complexity index is 662. The Morgan fingerprint density at radius 2 is 1.92 bits per heavy atom. The van der Waals surface area contributed by atoms with Gasteiger partial charge in [0.1, 0.15) is 5.75 Å². The normalized spacial score (nSPS) is 10.3. The van der Waals surface area contributed by atoms with Crippen LogP contribution in [0.4, 0.5) is 11.4 Å². The van der Waals surface area contributed by atoms with Gasteiger partial charge in [-0.15, -0.1) is 0 Å². The van der Waals surface area contributed by atoms with Gasteiger partial charge < -0.3 is 20.1 Å². The van der Waals surface area contributed by atoms with E-state index in [0.717, 1.165) is 11.4 Å². The zero-order valence-corrected chi connectivity index (χ0v) is 14.3. The van der Waals surface area contributed by atoms with Crippen LogP contribution in [0.3, 0.4) is 0 Å². The van der Waals surface area contributed by atoms with Crippen molar-refractivity contribution >= 4 is 28.9 Å². The molecule has 2 aromatic carbocycles. The number of hydrogen-bond acceptors (Lipinski definition) is 4. The second-order valence-corrected chi connectivity index (χ2v) is 5.68. The zero-order chi connectivity index (χ0) is 17.4. The number of ether oxygens (including phenoxy) is 1. The van der Waals surface area contributed by atoms with E-state index in [2.05, 4.69) is 5.32 Å². The van der Waals surface area contributed by atoms with Crippen molar-refractivity contribution in [2.75, 3.05) is 37.0 Å². The number of carbonyl (C=O) groups excluding carboxylic acids is 1. The van der Waals surface area contributed by atoms with Crippen LogP contribution in [0.25, 0.3) is 0 Å². The average Bonchev–Trinajstić information content (AvgIpc) is 2.57. The van der Waals surface area contributed by atoms with Crippen molar-refractivity contribution in [2.24, 2.45) is 0 Å². The lowest BCUT2D eigenvalue weighted by atomic mass is 10.2. The quantitative estimate of drug-likeness (QED) is 0.769. The molecule has 2 N–H and O–H groups in total. The minimum atomic E-state index is -0.126. The highest BCUT2D eigenvalue weighted by molar-refractivity contribution is 6.32. The number of aliphatic hydroxyl groups is 1. The molecule has 0 radical (unpaired) electrons. The number of hydrogen-bond donors (Lipinski definition) is 2. The number of nitrogens with zero attached hydrogens (tertiary/aromatic N) is 1. The van der Waals surface area contributed by atoms with E-state index in [0.29, 0.717) is 17.3 Å². The number of aliphatic hydroxyl groups excluding tert-OH is 1. The number of carbonyl (C=O) groups is 1. The molecule has 5 nitrogen and oxygen atoms in total. The Morgan fingerprint density at radius 3 is 2.58 bits per heavy atom. The summed E-state index contributed by atoms with van der Waals surface area (Å²) < 4.78 is 5.50. The first kappa shape index (κ1) is 18.1. The molecule has 0 bridgehead atoms. The number of anilines is 2. The standard InChI is InChI=1S/C18H21ClN2O3/c1-21(11-12-22)15-8-6-14(7-9-15)20-18(23)10-13-24-17-5-3-2-4-16(17)19/h2-9,22H,10-13H2,1H3,(H,20,23).